The van der Waals surface area contributed by atoms with Crippen molar-refractivity contribution in [2.45, 2.75) is 57.8 Å². The summed E-state index contributed by atoms with van der Waals surface area (Å²) in [4.78, 5) is 4.59. The van der Waals surface area contributed by atoms with Crippen LogP contribution in [0.4, 0.5) is 0 Å². The molecule has 1 aliphatic rings. The van der Waals surface area contributed by atoms with Gasteiger partial charge in [-0.2, -0.15) is 4.98 Å². The average molecular weight is 319 g/mol. The van der Waals surface area contributed by atoms with Crippen LogP contribution in [-0.2, 0) is 0 Å². The topological polar surface area (TPSA) is 38.9 Å². The van der Waals surface area contributed by atoms with E-state index in [1.54, 1.807) is 0 Å². The Morgan fingerprint density at radius 1 is 1.18 bits per heavy atom. The van der Waals surface area contributed by atoms with Crippen molar-refractivity contribution in [2.24, 2.45) is 5.92 Å². The third-order valence-electron chi connectivity index (χ3n) is 4.72. The summed E-state index contributed by atoms with van der Waals surface area (Å²) in [6, 6.07) is 7.63. The molecule has 22 heavy (non-hydrogen) atoms. The first-order valence-corrected chi connectivity index (χ1v) is 8.74. The zero-order valence-electron chi connectivity index (χ0n) is 13.1. The largest absolute Gasteiger partial charge is 0.339 e. The van der Waals surface area contributed by atoms with Crippen molar-refractivity contribution < 1.29 is 4.52 Å². The maximum absolute atomic E-state index is 6.20. The second kappa shape index (κ2) is 7.28. The van der Waals surface area contributed by atoms with Crippen LogP contribution in [0.5, 0.6) is 0 Å². The molecule has 3 rings (SSSR count). The predicted molar refractivity (Wildman–Crippen MR) is 89.0 cm³/mol. The number of hydrogen-bond acceptors (Lipinski definition) is 3. The van der Waals surface area contributed by atoms with E-state index in [2.05, 4.69) is 17.1 Å². The van der Waals surface area contributed by atoms with Gasteiger partial charge in [-0.25, -0.2) is 0 Å². The minimum Gasteiger partial charge on any atom is -0.339 e. The summed E-state index contributed by atoms with van der Waals surface area (Å²) >= 11 is 6.20. The lowest BCUT2D eigenvalue weighted by Crippen LogP contribution is -2.13. The summed E-state index contributed by atoms with van der Waals surface area (Å²) in [6.07, 6.45) is 8.93. The highest BCUT2D eigenvalue weighted by Gasteiger charge is 2.26. The average Bonchev–Trinajstić information content (AvgIpc) is 3.03. The van der Waals surface area contributed by atoms with Crippen LogP contribution in [-0.4, -0.2) is 10.1 Å². The Bertz CT molecular complexity index is 603. The molecule has 118 valence electrons. The van der Waals surface area contributed by atoms with Crippen LogP contribution in [0, 0.1) is 5.92 Å². The van der Waals surface area contributed by atoms with Gasteiger partial charge in [-0.3, -0.25) is 0 Å². The lowest BCUT2D eigenvalue weighted by Gasteiger charge is -2.26. The Labute approximate surface area is 137 Å². The zero-order chi connectivity index (χ0) is 15.4. The molecule has 3 nitrogen and oxygen atoms in total. The van der Waals surface area contributed by atoms with Gasteiger partial charge in [0.15, 0.2) is 0 Å². The van der Waals surface area contributed by atoms with Gasteiger partial charge in [0.25, 0.3) is 0 Å². The van der Waals surface area contributed by atoms with Gasteiger partial charge < -0.3 is 4.52 Å². The predicted octanol–water partition coefficient (Wildman–Crippen LogP) is 5.85. The fraction of sp³-hybridized carbons (Fsp3) is 0.556. The molecule has 1 aliphatic carbocycles. The molecule has 0 unspecified atom stereocenters. The van der Waals surface area contributed by atoms with E-state index in [1.165, 1.54) is 44.9 Å². The molecule has 2 aromatic rings. The fourth-order valence-corrected chi connectivity index (χ4v) is 3.56. The third-order valence-corrected chi connectivity index (χ3v) is 5.05. The molecule has 0 bridgehead atoms. The lowest BCUT2D eigenvalue weighted by molar-refractivity contribution is 0.260. The van der Waals surface area contributed by atoms with E-state index in [0.29, 0.717) is 16.8 Å². The smallest absolute Gasteiger partial charge is 0.230 e. The van der Waals surface area contributed by atoms with Crippen molar-refractivity contribution >= 4 is 11.6 Å². The highest BCUT2D eigenvalue weighted by Crippen LogP contribution is 2.37. The summed E-state index contributed by atoms with van der Waals surface area (Å²) in [7, 11) is 0. The second-order valence-corrected chi connectivity index (χ2v) is 6.70. The van der Waals surface area contributed by atoms with E-state index < -0.39 is 0 Å². The highest BCUT2D eigenvalue weighted by molar-refractivity contribution is 6.33. The van der Waals surface area contributed by atoms with E-state index in [4.69, 9.17) is 16.1 Å². The van der Waals surface area contributed by atoms with Crippen LogP contribution in [0.3, 0.4) is 0 Å². The Kier molecular flexibility index (Phi) is 5.14. The van der Waals surface area contributed by atoms with Gasteiger partial charge in [0.2, 0.25) is 11.7 Å². The molecule has 0 amide bonds. The first kappa shape index (κ1) is 15.5. The van der Waals surface area contributed by atoms with Gasteiger partial charge >= 0.3 is 0 Å². The van der Waals surface area contributed by atoms with E-state index in [-0.39, 0.29) is 0 Å². The Balaban J connectivity index is 1.64. The molecule has 0 atom stereocenters. The van der Waals surface area contributed by atoms with Crippen LogP contribution in [0.2, 0.25) is 5.02 Å². The van der Waals surface area contributed by atoms with Crippen LogP contribution in [0.1, 0.15) is 63.7 Å². The maximum Gasteiger partial charge on any atom is 0.230 e. The molecule has 0 spiro atoms. The first-order valence-electron chi connectivity index (χ1n) is 8.36. The van der Waals surface area contributed by atoms with Gasteiger partial charge in [0.05, 0.1) is 5.02 Å². The van der Waals surface area contributed by atoms with Gasteiger partial charge in [-0.15, -0.1) is 0 Å². The molecular formula is C18H23ClN2O. The van der Waals surface area contributed by atoms with Gasteiger partial charge in [0, 0.05) is 11.5 Å². The molecule has 4 heteroatoms. The Hall–Kier alpha value is -1.35. The minimum absolute atomic E-state index is 0.418. The van der Waals surface area contributed by atoms with Crippen LogP contribution in [0.15, 0.2) is 28.8 Å². The lowest BCUT2D eigenvalue weighted by atomic mass is 9.80. The van der Waals surface area contributed by atoms with Crippen molar-refractivity contribution in [3.63, 3.8) is 0 Å². The van der Waals surface area contributed by atoms with E-state index in [1.807, 2.05) is 24.3 Å². The number of halogens is 1. The number of benzene rings is 1. The summed E-state index contributed by atoms with van der Waals surface area (Å²) in [5.74, 6) is 2.70. The highest BCUT2D eigenvalue weighted by atomic mass is 35.5. The molecule has 0 N–H and O–H groups in total. The minimum atomic E-state index is 0.418. The standard InChI is InChI=1S/C18H23ClN2O/c1-2-3-6-13-9-11-14(12-10-13)18-20-17(21-22-18)15-7-4-5-8-16(15)19/h4-5,7-8,13-14H,2-3,6,9-12H2,1H3. The van der Waals surface area contributed by atoms with E-state index >= 15 is 0 Å². The fourth-order valence-electron chi connectivity index (χ4n) is 3.34. The maximum atomic E-state index is 6.20. The second-order valence-electron chi connectivity index (χ2n) is 6.30. The third kappa shape index (κ3) is 3.52. The number of aromatic nitrogens is 2. The van der Waals surface area contributed by atoms with Crippen LogP contribution in [0.25, 0.3) is 11.4 Å². The van der Waals surface area contributed by atoms with Crippen molar-refractivity contribution in [3.8, 4) is 11.4 Å². The van der Waals surface area contributed by atoms with Gasteiger partial charge in [0.1, 0.15) is 0 Å². The monoisotopic (exact) mass is 318 g/mol. The number of hydrogen-bond donors (Lipinski definition) is 0. The molecule has 1 saturated carbocycles. The quantitative estimate of drug-likeness (QED) is 0.693. The van der Waals surface area contributed by atoms with E-state index in [0.717, 1.165) is 17.4 Å². The van der Waals surface area contributed by atoms with Crippen LogP contribution >= 0.6 is 11.6 Å². The van der Waals surface area contributed by atoms with Gasteiger partial charge in [-0.05, 0) is 43.7 Å². The molecule has 0 radical (unpaired) electrons. The molecule has 1 aromatic carbocycles. The normalized spacial score (nSPS) is 21.9. The molecule has 0 aliphatic heterocycles. The number of rotatable bonds is 5. The van der Waals surface area contributed by atoms with Crippen molar-refractivity contribution in [1.82, 2.24) is 10.1 Å². The van der Waals surface area contributed by atoms with Crippen LogP contribution < -0.4 is 0 Å². The van der Waals surface area contributed by atoms with Crippen molar-refractivity contribution in [2.75, 3.05) is 0 Å². The van der Waals surface area contributed by atoms with Gasteiger partial charge in [-0.1, -0.05) is 55.1 Å². The zero-order valence-corrected chi connectivity index (χ0v) is 13.9. The summed E-state index contributed by atoms with van der Waals surface area (Å²) < 4.78 is 5.51. The summed E-state index contributed by atoms with van der Waals surface area (Å²) in [5.41, 5.74) is 0.843. The molecular weight excluding hydrogens is 296 g/mol. The SMILES string of the molecule is CCCCC1CCC(c2nc(-c3ccccc3Cl)no2)CC1. The van der Waals surface area contributed by atoms with E-state index in [9.17, 15) is 0 Å². The summed E-state index contributed by atoms with van der Waals surface area (Å²) in [5, 5.41) is 4.79. The first-order chi connectivity index (χ1) is 10.8. The van der Waals surface area contributed by atoms with Crippen molar-refractivity contribution in [3.05, 3.63) is 35.2 Å². The molecule has 1 aromatic heterocycles. The molecule has 0 saturated heterocycles. The molecule has 1 heterocycles. The molecule has 1 fully saturated rings. The Morgan fingerprint density at radius 3 is 2.68 bits per heavy atom. The number of nitrogens with zero attached hydrogens (tertiary/aromatic N) is 2. The summed E-state index contributed by atoms with van der Waals surface area (Å²) in [6.45, 7) is 2.26. The Morgan fingerprint density at radius 2 is 1.95 bits per heavy atom. The number of unbranched alkanes of at least 4 members (excludes halogenated alkanes) is 1. The van der Waals surface area contributed by atoms with Crippen molar-refractivity contribution in [1.29, 1.82) is 0 Å².